The topological polar surface area (TPSA) is 55.8 Å². The van der Waals surface area contributed by atoms with E-state index in [9.17, 15) is 12.8 Å². The van der Waals surface area contributed by atoms with Crippen LogP contribution in [0, 0.1) is 12.7 Å². The molecule has 3 aromatic rings. The van der Waals surface area contributed by atoms with Gasteiger partial charge in [0.25, 0.3) is 10.0 Å². The van der Waals surface area contributed by atoms with Gasteiger partial charge in [-0.25, -0.2) is 12.8 Å². The summed E-state index contributed by atoms with van der Waals surface area (Å²) in [5.74, 6) is 0.395. The first-order chi connectivity index (χ1) is 14.3. The molecule has 0 aliphatic carbocycles. The standard InChI is InChI=1S/C23H24FNO4S/c1-16-5-7-18(8-6-16)17(2)25(20-11-14-22(28-3)23(15-20)29-4)30(26,27)21-12-9-19(24)10-13-21/h5-15,17H,1-4H3. The van der Waals surface area contributed by atoms with E-state index >= 15 is 0 Å². The number of benzene rings is 3. The van der Waals surface area contributed by atoms with E-state index in [0.29, 0.717) is 17.2 Å². The molecular weight excluding hydrogens is 405 g/mol. The molecule has 0 aliphatic heterocycles. The number of anilines is 1. The van der Waals surface area contributed by atoms with Crippen LogP contribution in [0.1, 0.15) is 24.1 Å². The third kappa shape index (κ3) is 4.26. The third-order valence-electron chi connectivity index (χ3n) is 4.90. The van der Waals surface area contributed by atoms with Crippen molar-refractivity contribution >= 4 is 15.7 Å². The second-order valence-corrected chi connectivity index (χ2v) is 8.70. The molecule has 0 fully saturated rings. The van der Waals surface area contributed by atoms with Gasteiger partial charge in [0, 0.05) is 6.07 Å². The Kier molecular flexibility index (Phi) is 6.31. The third-order valence-corrected chi connectivity index (χ3v) is 6.82. The molecule has 1 unspecified atom stereocenters. The summed E-state index contributed by atoms with van der Waals surface area (Å²) in [6.45, 7) is 3.78. The molecule has 0 spiro atoms. The normalized spacial score (nSPS) is 12.3. The van der Waals surface area contributed by atoms with Gasteiger partial charge in [-0.3, -0.25) is 4.31 Å². The molecule has 0 saturated heterocycles. The van der Waals surface area contributed by atoms with Gasteiger partial charge in [0.05, 0.1) is 30.8 Å². The smallest absolute Gasteiger partial charge is 0.264 e. The molecule has 0 radical (unpaired) electrons. The predicted molar refractivity (Wildman–Crippen MR) is 115 cm³/mol. The average Bonchev–Trinajstić information content (AvgIpc) is 2.74. The molecule has 0 aliphatic rings. The number of aryl methyl sites for hydroxylation is 1. The molecule has 0 saturated carbocycles. The number of nitrogens with zero attached hydrogens (tertiary/aromatic N) is 1. The van der Waals surface area contributed by atoms with E-state index in [1.165, 1.54) is 30.7 Å². The van der Waals surface area contributed by atoms with Crippen LogP contribution in [-0.4, -0.2) is 22.6 Å². The maximum Gasteiger partial charge on any atom is 0.264 e. The molecule has 158 valence electrons. The lowest BCUT2D eigenvalue weighted by Gasteiger charge is -2.31. The van der Waals surface area contributed by atoms with Gasteiger partial charge in [-0.1, -0.05) is 29.8 Å². The van der Waals surface area contributed by atoms with Crippen LogP contribution in [0.25, 0.3) is 0 Å². The fourth-order valence-electron chi connectivity index (χ4n) is 3.23. The van der Waals surface area contributed by atoms with Gasteiger partial charge in [0.2, 0.25) is 0 Å². The van der Waals surface area contributed by atoms with Gasteiger partial charge < -0.3 is 9.47 Å². The first-order valence-corrected chi connectivity index (χ1v) is 10.8. The second-order valence-electron chi connectivity index (χ2n) is 6.88. The van der Waals surface area contributed by atoms with Crippen LogP contribution >= 0.6 is 0 Å². The summed E-state index contributed by atoms with van der Waals surface area (Å²) in [6, 6.07) is 16.9. The zero-order valence-electron chi connectivity index (χ0n) is 17.3. The maximum absolute atomic E-state index is 13.6. The number of hydrogen-bond acceptors (Lipinski definition) is 4. The van der Waals surface area contributed by atoms with Crippen molar-refractivity contribution in [1.29, 1.82) is 0 Å². The number of methoxy groups -OCH3 is 2. The van der Waals surface area contributed by atoms with Crippen molar-refractivity contribution in [3.05, 3.63) is 83.7 Å². The van der Waals surface area contributed by atoms with Gasteiger partial charge in [-0.2, -0.15) is 0 Å². The van der Waals surface area contributed by atoms with Crippen molar-refractivity contribution in [2.24, 2.45) is 0 Å². The zero-order chi connectivity index (χ0) is 21.9. The molecule has 3 aromatic carbocycles. The van der Waals surface area contributed by atoms with E-state index in [1.54, 1.807) is 18.2 Å². The summed E-state index contributed by atoms with van der Waals surface area (Å²) in [7, 11) is -0.999. The first kappa shape index (κ1) is 21.6. The van der Waals surface area contributed by atoms with Crippen LogP contribution in [-0.2, 0) is 10.0 Å². The summed E-state index contributed by atoms with van der Waals surface area (Å²) in [6.07, 6.45) is 0. The SMILES string of the molecule is COc1ccc(N(C(C)c2ccc(C)cc2)S(=O)(=O)c2ccc(F)cc2)cc1OC. The first-order valence-electron chi connectivity index (χ1n) is 9.36. The Morgan fingerprint density at radius 3 is 2.03 bits per heavy atom. The fraction of sp³-hybridized carbons (Fsp3) is 0.217. The molecule has 0 N–H and O–H groups in total. The van der Waals surface area contributed by atoms with E-state index in [4.69, 9.17) is 9.47 Å². The lowest BCUT2D eigenvalue weighted by molar-refractivity contribution is 0.355. The van der Waals surface area contributed by atoms with Crippen molar-refractivity contribution in [1.82, 2.24) is 0 Å². The van der Waals surface area contributed by atoms with Crippen molar-refractivity contribution in [3.8, 4) is 11.5 Å². The number of sulfonamides is 1. The molecular formula is C23H24FNO4S. The van der Waals surface area contributed by atoms with E-state index < -0.39 is 21.9 Å². The summed E-state index contributed by atoms with van der Waals surface area (Å²) in [5, 5.41) is 0. The number of halogens is 1. The Morgan fingerprint density at radius 2 is 1.47 bits per heavy atom. The molecule has 0 heterocycles. The summed E-state index contributed by atoms with van der Waals surface area (Å²) < 4.78 is 52.6. The van der Waals surface area contributed by atoms with Gasteiger partial charge in [-0.05, 0) is 55.8 Å². The highest BCUT2D eigenvalue weighted by atomic mass is 32.2. The zero-order valence-corrected chi connectivity index (χ0v) is 18.1. The molecule has 1 atom stereocenters. The van der Waals surface area contributed by atoms with E-state index in [-0.39, 0.29) is 4.90 Å². The molecule has 5 nitrogen and oxygen atoms in total. The number of hydrogen-bond donors (Lipinski definition) is 0. The van der Waals surface area contributed by atoms with E-state index in [0.717, 1.165) is 23.3 Å². The Labute approximate surface area is 176 Å². The van der Waals surface area contributed by atoms with E-state index in [1.807, 2.05) is 38.1 Å². The lowest BCUT2D eigenvalue weighted by Crippen LogP contribution is -2.33. The molecule has 30 heavy (non-hydrogen) atoms. The summed E-state index contributed by atoms with van der Waals surface area (Å²) in [5.41, 5.74) is 2.30. The minimum absolute atomic E-state index is 0.00218. The minimum atomic E-state index is -4.00. The van der Waals surface area contributed by atoms with Crippen molar-refractivity contribution in [2.45, 2.75) is 24.8 Å². The Hall–Kier alpha value is -3.06. The maximum atomic E-state index is 13.6. The molecule has 0 aromatic heterocycles. The summed E-state index contributed by atoms with van der Waals surface area (Å²) in [4.78, 5) is -0.00218. The Bertz CT molecular complexity index is 1110. The molecule has 3 rings (SSSR count). The lowest BCUT2D eigenvalue weighted by atomic mass is 10.1. The monoisotopic (exact) mass is 429 g/mol. The van der Waals surface area contributed by atoms with Gasteiger partial charge in [0.15, 0.2) is 11.5 Å². The fourth-order valence-corrected chi connectivity index (χ4v) is 4.87. The summed E-state index contributed by atoms with van der Waals surface area (Å²) >= 11 is 0. The van der Waals surface area contributed by atoms with Crippen molar-refractivity contribution < 1.29 is 22.3 Å². The Morgan fingerprint density at radius 1 is 0.867 bits per heavy atom. The van der Waals surface area contributed by atoms with Crippen LogP contribution in [0.2, 0.25) is 0 Å². The molecule has 0 amide bonds. The van der Waals surface area contributed by atoms with Gasteiger partial charge in [-0.15, -0.1) is 0 Å². The highest BCUT2D eigenvalue weighted by Crippen LogP contribution is 2.38. The number of ether oxygens (including phenoxy) is 2. The highest BCUT2D eigenvalue weighted by Gasteiger charge is 2.31. The predicted octanol–water partition coefficient (Wildman–Crippen LogP) is 5.11. The van der Waals surface area contributed by atoms with Gasteiger partial charge in [0.1, 0.15) is 5.82 Å². The van der Waals surface area contributed by atoms with Crippen LogP contribution in [0.4, 0.5) is 10.1 Å². The largest absolute Gasteiger partial charge is 0.493 e. The van der Waals surface area contributed by atoms with Crippen LogP contribution in [0.15, 0.2) is 71.6 Å². The van der Waals surface area contributed by atoms with Crippen LogP contribution < -0.4 is 13.8 Å². The van der Waals surface area contributed by atoms with E-state index in [2.05, 4.69) is 0 Å². The number of rotatable bonds is 7. The van der Waals surface area contributed by atoms with Crippen molar-refractivity contribution in [3.63, 3.8) is 0 Å². The molecule has 7 heteroatoms. The molecule has 0 bridgehead atoms. The van der Waals surface area contributed by atoms with Crippen LogP contribution in [0.3, 0.4) is 0 Å². The Balaban J connectivity index is 2.18. The average molecular weight is 430 g/mol. The van der Waals surface area contributed by atoms with Gasteiger partial charge >= 0.3 is 0 Å². The second kappa shape index (κ2) is 8.75. The quantitative estimate of drug-likeness (QED) is 0.524. The minimum Gasteiger partial charge on any atom is -0.493 e. The highest BCUT2D eigenvalue weighted by molar-refractivity contribution is 7.92. The van der Waals surface area contributed by atoms with Crippen molar-refractivity contribution in [2.75, 3.05) is 18.5 Å². The van der Waals surface area contributed by atoms with Crippen LogP contribution in [0.5, 0.6) is 11.5 Å².